The molecule has 0 atom stereocenters. The number of benzene rings is 1. The van der Waals surface area contributed by atoms with E-state index in [2.05, 4.69) is 25.8 Å². The monoisotopic (exact) mass is 447 g/mol. The van der Waals surface area contributed by atoms with Gasteiger partial charge < -0.3 is 15.2 Å². The van der Waals surface area contributed by atoms with Crippen LogP contribution in [0.3, 0.4) is 0 Å². The van der Waals surface area contributed by atoms with Crippen molar-refractivity contribution in [2.24, 2.45) is 0 Å². The summed E-state index contributed by atoms with van der Waals surface area (Å²) >= 11 is 2.56. The number of non-ortho nitro benzene ring substituents is 1. The van der Waals surface area contributed by atoms with E-state index >= 15 is 0 Å². The van der Waals surface area contributed by atoms with Gasteiger partial charge in [-0.1, -0.05) is 17.8 Å². The van der Waals surface area contributed by atoms with E-state index in [1.54, 1.807) is 16.1 Å². The first-order valence-corrected chi connectivity index (χ1v) is 10.6. The predicted molar refractivity (Wildman–Crippen MR) is 111 cm³/mol. The number of rotatable bonds is 9. The minimum atomic E-state index is -0.557. The average Bonchev–Trinajstić information content (AvgIpc) is 3.39. The molecule has 0 spiro atoms. The molecule has 2 heterocycles. The Hall–Kier alpha value is -3.32. The Morgan fingerprint density at radius 3 is 2.87 bits per heavy atom. The number of hydrogen-bond acceptors (Lipinski definition) is 9. The van der Waals surface area contributed by atoms with Crippen molar-refractivity contribution in [3.63, 3.8) is 0 Å². The van der Waals surface area contributed by atoms with Gasteiger partial charge in [-0.2, -0.15) is 0 Å². The molecule has 0 aliphatic heterocycles. The molecule has 0 aliphatic rings. The van der Waals surface area contributed by atoms with Gasteiger partial charge in [0.25, 0.3) is 11.6 Å². The summed E-state index contributed by atoms with van der Waals surface area (Å²) in [4.78, 5) is 38.6. The molecule has 11 nitrogen and oxygen atoms in total. The van der Waals surface area contributed by atoms with Crippen LogP contribution < -0.4 is 10.6 Å². The maximum absolute atomic E-state index is 12.3. The van der Waals surface area contributed by atoms with Gasteiger partial charge in [-0.15, -0.1) is 21.5 Å². The van der Waals surface area contributed by atoms with E-state index in [-0.39, 0.29) is 29.5 Å². The molecule has 0 unspecified atom stereocenters. The molecule has 0 bridgehead atoms. The maximum Gasteiger partial charge on any atom is 0.270 e. The molecule has 1 aromatic carbocycles. The van der Waals surface area contributed by atoms with Gasteiger partial charge in [0.1, 0.15) is 0 Å². The zero-order chi connectivity index (χ0) is 21.5. The number of thioether (sulfide) groups is 1. The number of hydrogen-bond donors (Lipinski definition) is 2. The van der Waals surface area contributed by atoms with Crippen molar-refractivity contribution in [3.05, 3.63) is 57.3 Å². The number of aromatic nitrogens is 4. The van der Waals surface area contributed by atoms with Crippen molar-refractivity contribution < 1.29 is 14.5 Å². The van der Waals surface area contributed by atoms with Gasteiger partial charge in [0.15, 0.2) is 16.1 Å². The molecule has 0 radical (unpaired) electrons. The molecule has 0 saturated carbocycles. The second-order valence-electron chi connectivity index (χ2n) is 5.81. The Morgan fingerprint density at radius 1 is 1.33 bits per heavy atom. The molecule has 0 saturated heterocycles. The van der Waals surface area contributed by atoms with Gasteiger partial charge in [0.2, 0.25) is 5.91 Å². The molecule has 2 amide bonds. The highest BCUT2D eigenvalue weighted by Crippen LogP contribution is 2.18. The summed E-state index contributed by atoms with van der Waals surface area (Å²) in [6, 6.07) is 5.48. The Bertz CT molecular complexity index is 1050. The number of nitro benzene ring substituents is 1. The lowest BCUT2D eigenvalue weighted by atomic mass is 10.2. The van der Waals surface area contributed by atoms with Crippen LogP contribution in [-0.2, 0) is 17.9 Å². The van der Waals surface area contributed by atoms with Gasteiger partial charge in [-0.05, 0) is 13.0 Å². The first-order chi connectivity index (χ1) is 14.5. The fourth-order valence-corrected chi connectivity index (χ4v) is 3.83. The minimum absolute atomic E-state index is 0.0915. The summed E-state index contributed by atoms with van der Waals surface area (Å²) < 4.78 is 1.79. The normalized spacial score (nSPS) is 10.6. The van der Waals surface area contributed by atoms with Gasteiger partial charge in [-0.25, -0.2) is 4.98 Å². The number of carbonyl (C=O) groups is 2. The van der Waals surface area contributed by atoms with E-state index in [0.717, 1.165) is 0 Å². The second kappa shape index (κ2) is 9.93. The van der Waals surface area contributed by atoms with E-state index in [1.807, 2.05) is 6.92 Å². The maximum atomic E-state index is 12.3. The quantitative estimate of drug-likeness (QED) is 0.289. The zero-order valence-corrected chi connectivity index (χ0v) is 17.4. The fourth-order valence-electron chi connectivity index (χ4n) is 2.47. The van der Waals surface area contributed by atoms with Crippen molar-refractivity contribution in [3.8, 4) is 0 Å². The van der Waals surface area contributed by atoms with Crippen LogP contribution in [0.4, 0.5) is 10.8 Å². The third kappa shape index (κ3) is 5.39. The molecule has 30 heavy (non-hydrogen) atoms. The molecule has 3 rings (SSSR count). The summed E-state index contributed by atoms with van der Waals surface area (Å²) in [7, 11) is 0. The SMILES string of the molecule is CCn1c(CNC(=O)c2cccc([N+](=O)[O-])c2)nnc1SCC(=O)Nc1nccs1. The van der Waals surface area contributed by atoms with Crippen molar-refractivity contribution >= 4 is 45.7 Å². The Morgan fingerprint density at radius 2 is 2.17 bits per heavy atom. The van der Waals surface area contributed by atoms with Crippen LogP contribution in [0, 0.1) is 10.1 Å². The van der Waals surface area contributed by atoms with E-state index in [4.69, 9.17) is 0 Å². The van der Waals surface area contributed by atoms with Crippen LogP contribution >= 0.6 is 23.1 Å². The predicted octanol–water partition coefficient (Wildman–Crippen LogP) is 2.32. The Balaban J connectivity index is 1.58. The highest BCUT2D eigenvalue weighted by molar-refractivity contribution is 7.99. The van der Waals surface area contributed by atoms with Gasteiger partial charge in [0, 0.05) is 35.8 Å². The van der Waals surface area contributed by atoms with Crippen LogP contribution in [0.2, 0.25) is 0 Å². The third-order valence-electron chi connectivity index (χ3n) is 3.85. The number of nitro groups is 1. The number of nitrogens with one attached hydrogen (secondary N) is 2. The standard InChI is InChI=1S/C17H17N7O4S2/c1-2-23-13(9-19-15(26)11-4-3-5-12(8-11)24(27)28)21-22-17(23)30-10-14(25)20-16-18-6-7-29-16/h3-8H,2,9-10H2,1H3,(H,19,26)(H,18,20,25). The third-order valence-corrected chi connectivity index (χ3v) is 5.50. The lowest BCUT2D eigenvalue weighted by Crippen LogP contribution is -2.25. The lowest BCUT2D eigenvalue weighted by molar-refractivity contribution is -0.384. The molecule has 13 heteroatoms. The molecular weight excluding hydrogens is 430 g/mol. The summed E-state index contributed by atoms with van der Waals surface area (Å²) in [6.07, 6.45) is 1.61. The Kier molecular flexibility index (Phi) is 7.08. The minimum Gasteiger partial charge on any atom is -0.345 e. The van der Waals surface area contributed by atoms with E-state index in [0.29, 0.717) is 22.7 Å². The van der Waals surface area contributed by atoms with E-state index in [9.17, 15) is 19.7 Å². The van der Waals surface area contributed by atoms with Crippen LogP contribution in [0.25, 0.3) is 0 Å². The van der Waals surface area contributed by atoms with Crippen LogP contribution in [-0.4, -0.2) is 42.2 Å². The highest BCUT2D eigenvalue weighted by Gasteiger charge is 2.16. The van der Waals surface area contributed by atoms with Gasteiger partial charge >= 0.3 is 0 Å². The van der Waals surface area contributed by atoms with Crippen molar-refractivity contribution in [1.29, 1.82) is 0 Å². The number of thiazole rings is 1. The van der Waals surface area contributed by atoms with Gasteiger partial charge in [0.05, 0.1) is 17.2 Å². The molecule has 0 fully saturated rings. The van der Waals surface area contributed by atoms with Crippen molar-refractivity contribution in [2.75, 3.05) is 11.1 Å². The van der Waals surface area contributed by atoms with Crippen LogP contribution in [0.15, 0.2) is 41.0 Å². The largest absolute Gasteiger partial charge is 0.345 e. The summed E-state index contributed by atoms with van der Waals surface area (Å²) in [6.45, 7) is 2.54. The molecule has 0 aliphatic carbocycles. The summed E-state index contributed by atoms with van der Waals surface area (Å²) in [5, 5.41) is 27.2. The summed E-state index contributed by atoms with van der Waals surface area (Å²) in [5.74, 6) is -0.0146. The van der Waals surface area contributed by atoms with E-state index < -0.39 is 10.8 Å². The number of nitrogens with zero attached hydrogens (tertiary/aromatic N) is 5. The first kappa shape index (κ1) is 21.4. The number of carbonyl (C=O) groups excluding carboxylic acids is 2. The topological polar surface area (TPSA) is 145 Å². The second-order valence-corrected chi connectivity index (χ2v) is 7.64. The number of anilines is 1. The zero-order valence-electron chi connectivity index (χ0n) is 15.8. The fraction of sp³-hybridized carbons (Fsp3) is 0.235. The number of amides is 2. The Labute approximate surface area is 179 Å². The summed E-state index contributed by atoms with van der Waals surface area (Å²) in [5.41, 5.74) is 0.0225. The van der Waals surface area contributed by atoms with Crippen LogP contribution in [0.1, 0.15) is 23.1 Å². The van der Waals surface area contributed by atoms with Crippen LogP contribution in [0.5, 0.6) is 0 Å². The lowest BCUT2D eigenvalue weighted by Gasteiger charge is -2.08. The van der Waals surface area contributed by atoms with Crippen molar-refractivity contribution in [2.45, 2.75) is 25.2 Å². The van der Waals surface area contributed by atoms with Crippen molar-refractivity contribution in [1.82, 2.24) is 25.1 Å². The molecule has 3 aromatic rings. The molecule has 2 N–H and O–H groups in total. The van der Waals surface area contributed by atoms with E-state index in [1.165, 1.54) is 47.4 Å². The average molecular weight is 448 g/mol. The molecule has 2 aromatic heterocycles. The first-order valence-electron chi connectivity index (χ1n) is 8.74. The smallest absolute Gasteiger partial charge is 0.270 e. The highest BCUT2D eigenvalue weighted by atomic mass is 32.2. The molecular formula is C17H17N7O4S2. The molecule has 156 valence electrons. The van der Waals surface area contributed by atoms with Gasteiger partial charge in [-0.3, -0.25) is 19.7 Å².